The van der Waals surface area contributed by atoms with Gasteiger partial charge in [-0.3, -0.25) is 9.89 Å². The highest BCUT2D eigenvalue weighted by atomic mass is 16.1. The van der Waals surface area contributed by atoms with E-state index in [0.717, 1.165) is 25.0 Å². The van der Waals surface area contributed by atoms with Gasteiger partial charge in [0.05, 0.1) is 0 Å². The quantitative estimate of drug-likeness (QED) is 0.858. The van der Waals surface area contributed by atoms with Gasteiger partial charge in [0.2, 0.25) is 0 Å². The molecular weight excluding hydrogens is 286 g/mol. The van der Waals surface area contributed by atoms with Crippen molar-refractivity contribution in [3.63, 3.8) is 0 Å². The second-order valence-corrected chi connectivity index (χ2v) is 7.06. The molecule has 0 saturated heterocycles. The number of aromatic amines is 1. The molecule has 1 saturated carbocycles. The van der Waals surface area contributed by atoms with Crippen LogP contribution in [0, 0.1) is 5.92 Å². The molecule has 4 nitrogen and oxygen atoms in total. The summed E-state index contributed by atoms with van der Waals surface area (Å²) < 4.78 is 0. The number of hydrogen-bond donors (Lipinski definition) is 2. The summed E-state index contributed by atoms with van der Waals surface area (Å²) in [7, 11) is 0. The van der Waals surface area contributed by atoms with Gasteiger partial charge in [-0.1, -0.05) is 50.6 Å². The van der Waals surface area contributed by atoms with E-state index in [1.54, 1.807) is 0 Å². The minimum Gasteiger partial charge on any atom is -0.350 e. The highest BCUT2D eigenvalue weighted by molar-refractivity contribution is 5.92. The highest BCUT2D eigenvalue weighted by Gasteiger charge is 2.38. The third kappa shape index (κ3) is 3.46. The fraction of sp³-hybridized carbons (Fsp3) is 0.474. The lowest BCUT2D eigenvalue weighted by atomic mass is 9.64. The number of rotatable bonds is 6. The second-order valence-electron chi connectivity index (χ2n) is 7.06. The van der Waals surface area contributed by atoms with Crippen molar-refractivity contribution in [2.24, 2.45) is 5.92 Å². The van der Waals surface area contributed by atoms with Crippen molar-refractivity contribution in [2.75, 3.05) is 6.54 Å². The standard InChI is InChI=1S/C19H25N3O/c1-14(2)11-16-12-17(22-21-16)18(23)20-13-19(9-6-10-19)15-7-4-3-5-8-15/h3-5,7-8,12,14H,6,9-11,13H2,1-2H3,(H,20,23)(H,21,22). The normalized spacial score (nSPS) is 16.1. The van der Waals surface area contributed by atoms with Crippen LogP contribution in [0.2, 0.25) is 0 Å². The van der Waals surface area contributed by atoms with E-state index >= 15 is 0 Å². The van der Waals surface area contributed by atoms with Crippen LogP contribution in [0.15, 0.2) is 36.4 Å². The molecule has 0 spiro atoms. The Kier molecular flexibility index (Phi) is 4.51. The maximum absolute atomic E-state index is 12.4. The molecule has 2 N–H and O–H groups in total. The first-order valence-electron chi connectivity index (χ1n) is 8.47. The SMILES string of the molecule is CC(C)Cc1cc(C(=O)NCC2(c3ccccc3)CCC2)n[nH]1. The Hall–Kier alpha value is -2.10. The van der Waals surface area contributed by atoms with E-state index in [1.165, 1.54) is 12.0 Å². The summed E-state index contributed by atoms with van der Waals surface area (Å²) >= 11 is 0. The van der Waals surface area contributed by atoms with E-state index < -0.39 is 0 Å². The van der Waals surface area contributed by atoms with Gasteiger partial charge in [0, 0.05) is 17.7 Å². The number of amides is 1. The molecular formula is C19H25N3O. The van der Waals surface area contributed by atoms with E-state index in [1.807, 2.05) is 12.1 Å². The summed E-state index contributed by atoms with van der Waals surface area (Å²) in [6.45, 7) is 4.99. The molecule has 2 aromatic rings. The Morgan fingerprint density at radius 1 is 1.30 bits per heavy atom. The zero-order valence-corrected chi connectivity index (χ0v) is 13.9. The Morgan fingerprint density at radius 3 is 2.65 bits per heavy atom. The molecule has 1 aromatic heterocycles. The van der Waals surface area contributed by atoms with Gasteiger partial charge in [0.15, 0.2) is 0 Å². The molecule has 0 atom stereocenters. The minimum atomic E-state index is -0.0848. The van der Waals surface area contributed by atoms with Crippen molar-refractivity contribution in [3.05, 3.63) is 53.3 Å². The van der Waals surface area contributed by atoms with Crippen LogP contribution in [0.4, 0.5) is 0 Å². The summed E-state index contributed by atoms with van der Waals surface area (Å²) in [6, 6.07) is 12.4. The highest BCUT2D eigenvalue weighted by Crippen LogP contribution is 2.43. The van der Waals surface area contributed by atoms with E-state index in [-0.39, 0.29) is 11.3 Å². The van der Waals surface area contributed by atoms with E-state index in [4.69, 9.17) is 0 Å². The van der Waals surface area contributed by atoms with Crippen LogP contribution in [0.3, 0.4) is 0 Å². The van der Waals surface area contributed by atoms with Crippen molar-refractivity contribution in [2.45, 2.75) is 44.9 Å². The Morgan fingerprint density at radius 2 is 2.04 bits per heavy atom. The number of hydrogen-bond acceptors (Lipinski definition) is 2. The maximum atomic E-state index is 12.4. The van der Waals surface area contributed by atoms with Gasteiger partial charge in [-0.05, 0) is 36.8 Å². The molecule has 23 heavy (non-hydrogen) atoms. The molecule has 1 amide bonds. The molecule has 0 unspecified atom stereocenters. The molecule has 1 aliphatic rings. The molecule has 1 fully saturated rings. The molecule has 122 valence electrons. The van der Waals surface area contributed by atoms with Crippen molar-refractivity contribution >= 4 is 5.91 Å². The summed E-state index contributed by atoms with van der Waals surface area (Å²) in [5.41, 5.74) is 2.94. The van der Waals surface area contributed by atoms with Gasteiger partial charge in [-0.2, -0.15) is 5.10 Å². The molecule has 0 radical (unpaired) electrons. The predicted octanol–water partition coefficient (Wildman–Crippen LogP) is 3.46. The fourth-order valence-corrected chi connectivity index (χ4v) is 3.33. The molecule has 3 rings (SSSR count). The first-order valence-corrected chi connectivity index (χ1v) is 8.47. The predicted molar refractivity (Wildman–Crippen MR) is 91.4 cm³/mol. The van der Waals surface area contributed by atoms with Gasteiger partial charge in [-0.25, -0.2) is 0 Å². The maximum Gasteiger partial charge on any atom is 0.271 e. The first-order chi connectivity index (χ1) is 11.1. The Balaban J connectivity index is 1.63. The summed E-state index contributed by atoms with van der Waals surface area (Å²) in [5, 5.41) is 10.2. The zero-order chi connectivity index (χ0) is 16.3. The van der Waals surface area contributed by atoms with Gasteiger partial charge in [0.25, 0.3) is 5.91 Å². The topological polar surface area (TPSA) is 57.8 Å². The van der Waals surface area contributed by atoms with E-state index in [2.05, 4.69) is 53.6 Å². The summed E-state index contributed by atoms with van der Waals surface area (Å²) in [4.78, 5) is 12.4. The lowest BCUT2D eigenvalue weighted by Crippen LogP contribution is -2.45. The average Bonchev–Trinajstić information content (AvgIpc) is 2.95. The molecule has 1 aliphatic carbocycles. The number of benzene rings is 1. The van der Waals surface area contributed by atoms with Gasteiger partial charge < -0.3 is 5.32 Å². The number of nitrogens with zero attached hydrogens (tertiary/aromatic N) is 1. The number of aromatic nitrogens is 2. The minimum absolute atomic E-state index is 0.0848. The van der Waals surface area contributed by atoms with Crippen LogP contribution in [-0.2, 0) is 11.8 Å². The van der Waals surface area contributed by atoms with Crippen molar-refractivity contribution in [1.82, 2.24) is 15.5 Å². The molecule has 0 aliphatic heterocycles. The monoisotopic (exact) mass is 311 g/mol. The average molecular weight is 311 g/mol. The number of nitrogens with one attached hydrogen (secondary N) is 2. The largest absolute Gasteiger partial charge is 0.350 e. The van der Waals surface area contributed by atoms with Crippen LogP contribution >= 0.6 is 0 Å². The molecule has 1 aromatic carbocycles. The third-order valence-corrected chi connectivity index (χ3v) is 4.78. The smallest absolute Gasteiger partial charge is 0.271 e. The van der Waals surface area contributed by atoms with Crippen molar-refractivity contribution in [3.8, 4) is 0 Å². The van der Waals surface area contributed by atoms with Gasteiger partial charge in [-0.15, -0.1) is 0 Å². The Bertz CT molecular complexity index is 656. The van der Waals surface area contributed by atoms with Crippen LogP contribution in [0.1, 0.15) is 54.9 Å². The van der Waals surface area contributed by atoms with Crippen LogP contribution in [-0.4, -0.2) is 22.6 Å². The lowest BCUT2D eigenvalue weighted by molar-refractivity contribution is 0.0923. The van der Waals surface area contributed by atoms with Gasteiger partial charge in [0.1, 0.15) is 5.69 Å². The lowest BCUT2D eigenvalue weighted by Gasteiger charge is -2.42. The zero-order valence-electron chi connectivity index (χ0n) is 13.9. The summed E-state index contributed by atoms with van der Waals surface area (Å²) in [6.07, 6.45) is 4.41. The van der Waals surface area contributed by atoms with E-state index in [0.29, 0.717) is 18.2 Å². The number of carbonyl (C=O) groups excluding carboxylic acids is 1. The van der Waals surface area contributed by atoms with Gasteiger partial charge >= 0.3 is 0 Å². The van der Waals surface area contributed by atoms with Crippen LogP contribution < -0.4 is 5.32 Å². The summed E-state index contributed by atoms with van der Waals surface area (Å²) in [5.74, 6) is 0.459. The molecule has 4 heteroatoms. The van der Waals surface area contributed by atoms with Crippen LogP contribution in [0.5, 0.6) is 0 Å². The molecule has 1 heterocycles. The number of carbonyl (C=O) groups is 1. The Labute approximate surface area is 137 Å². The second kappa shape index (κ2) is 6.57. The fourth-order valence-electron chi connectivity index (χ4n) is 3.33. The van der Waals surface area contributed by atoms with Crippen LogP contribution in [0.25, 0.3) is 0 Å². The van der Waals surface area contributed by atoms with Crippen molar-refractivity contribution in [1.29, 1.82) is 0 Å². The van der Waals surface area contributed by atoms with E-state index in [9.17, 15) is 4.79 Å². The third-order valence-electron chi connectivity index (χ3n) is 4.78. The first kappa shape index (κ1) is 15.8. The number of H-pyrrole nitrogens is 1. The molecule has 0 bridgehead atoms. The van der Waals surface area contributed by atoms with Crippen molar-refractivity contribution < 1.29 is 4.79 Å².